The normalized spacial score (nSPS) is 12.9. The van der Waals surface area contributed by atoms with Crippen LogP contribution >= 0.6 is 23.4 Å². The molecule has 0 spiro atoms. The summed E-state index contributed by atoms with van der Waals surface area (Å²) >= 11 is 7.34. The predicted octanol–water partition coefficient (Wildman–Crippen LogP) is 2.42. The molecule has 138 valence electrons. The molecule has 0 unspecified atom stereocenters. The number of aromatic nitrogens is 2. The molecule has 0 saturated carbocycles. The molecular formula is C18H20ClN3O3S. The molecule has 0 fully saturated rings. The summed E-state index contributed by atoms with van der Waals surface area (Å²) in [6.07, 6.45) is 2.59. The van der Waals surface area contributed by atoms with Crippen molar-refractivity contribution in [1.29, 1.82) is 0 Å². The molecule has 1 heterocycles. The number of halogens is 1. The first-order chi connectivity index (χ1) is 12.5. The molecule has 26 heavy (non-hydrogen) atoms. The Balaban J connectivity index is 1.70. The molecule has 0 aliphatic heterocycles. The second kappa shape index (κ2) is 8.24. The van der Waals surface area contributed by atoms with Gasteiger partial charge in [0, 0.05) is 22.0 Å². The molecule has 3 rings (SSSR count). The average Bonchev–Trinajstić information content (AvgIpc) is 3.09. The number of anilines is 1. The number of benzene rings is 1. The number of hydrogen-bond acceptors (Lipinski definition) is 5. The van der Waals surface area contributed by atoms with Gasteiger partial charge in [-0.1, -0.05) is 29.4 Å². The van der Waals surface area contributed by atoms with E-state index >= 15 is 0 Å². The lowest BCUT2D eigenvalue weighted by Gasteiger charge is -2.13. The van der Waals surface area contributed by atoms with E-state index in [0.29, 0.717) is 15.7 Å². The van der Waals surface area contributed by atoms with Crippen LogP contribution in [0.3, 0.4) is 0 Å². The van der Waals surface area contributed by atoms with Gasteiger partial charge < -0.3 is 10.4 Å². The van der Waals surface area contributed by atoms with Crippen LogP contribution < -0.4 is 11.0 Å². The molecule has 6 nitrogen and oxygen atoms in total. The summed E-state index contributed by atoms with van der Waals surface area (Å²) in [5.74, 6) is -0.0167. The SMILES string of the molecule is Cc1ccc(NC(=O)CSc2nc(=O)n(CCO)c3c2CCC3)cc1Cl. The van der Waals surface area contributed by atoms with Crippen LogP contribution in [0.25, 0.3) is 0 Å². The lowest BCUT2D eigenvalue weighted by Crippen LogP contribution is -2.28. The number of nitrogens with one attached hydrogen (secondary N) is 1. The Morgan fingerprint density at radius 3 is 2.96 bits per heavy atom. The highest BCUT2D eigenvalue weighted by Gasteiger charge is 2.22. The number of nitrogens with zero attached hydrogens (tertiary/aromatic N) is 2. The van der Waals surface area contributed by atoms with E-state index in [-0.39, 0.29) is 30.5 Å². The number of aliphatic hydroxyl groups is 1. The van der Waals surface area contributed by atoms with Crippen molar-refractivity contribution >= 4 is 35.0 Å². The van der Waals surface area contributed by atoms with Gasteiger partial charge in [0.25, 0.3) is 0 Å². The highest BCUT2D eigenvalue weighted by atomic mass is 35.5. The second-order valence-corrected chi connectivity index (χ2v) is 7.53. The monoisotopic (exact) mass is 393 g/mol. The van der Waals surface area contributed by atoms with E-state index in [1.54, 1.807) is 16.7 Å². The van der Waals surface area contributed by atoms with Gasteiger partial charge in [0.15, 0.2) is 0 Å². The molecule has 1 aromatic carbocycles. The van der Waals surface area contributed by atoms with Crippen LogP contribution in [0.15, 0.2) is 28.0 Å². The van der Waals surface area contributed by atoms with Crippen LogP contribution in [-0.2, 0) is 24.2 Å². The van der Waals surface area contributed by atoms with E-state index in [2.05, 4.69) is 10.3 Å². The van der Waals surface area contributed by atoms with Gasteiger partial charge >= 0.3 is 5.69 Å². The first kappa shape index (κ1) is 18.9. The molecule has 1 aliphatic rings. The van der Waals surface area contributed by atoms with Crippen LogP contribution in [0, 0.1) is 6.92 Å². The van der Waals surface area contributed by atoms with Crippen molar-refractivity contribution in [1.82, 2.24) is 9.55 Å². The largest absolute Gasteiger partial charge is 0.395 e. The van der Waals surface area contributed by atoms with Gasteiger partial charge in [-0.3, -0.25) is 9.36 Å². The van der Waals surface area contributed by atoms with Crippen molar-refractivity contribution in [2.75, 3.05) is 17.7 Å². The number of aryl methyl sites for hydroxylation is 1. The number of rotatable bonds is 6. The maximum Gasteiger partial charge on any atom is 0.348 e. The predicted molar refractivity (Wildman–Crippen MR) is 103 cm³/mol. The fourth-order valence-electron chi connectivity index (χ4n) is 3.04. The number of hydrogen-bond donors (Lipinski definition) is 2. The Kier molecular flexibility index (Phi) is 6.01. The van der Waals surface area contributed by atoms with E-state index in [9.17, 15) is 9.59 Å². The first-order valence-corrected chi connectivity index (χ1v) is 9.78. The number of fused-ring (bicyclic) bond motifs is 1. The van der Waals surface area contributed by atoms with E-state index < -0.39 is 0 Å². The van der Waals surface area contributed by atoms with E-state index in [4.69, 9.17) is 16.7 Å². The number of thioether (sulfide) groups is 1. The zero-order chi connectivity index (χ0) is 18.7. The lowest BCUT2D eigenvalue weighted by atomic mass is 10.2. The van der Waals surface area contributed by atoms with Crippen LogP contribution in [0.1, 0.15) is 23.2 Å². The maximum atomic E-state index is 12.2. The summed E-state index contributed by atoms with van der Waals surface area (Å²) in [4.78, 5) is 28.6. The number of carbonyl (C=O) groups excluding carboxylic acids is 1. The molecular weight excluding hydrogens is 374 g/mol. The highest BCUT2D eigenvalue weighted by molar-refractivity contribution is 8.00. The number of carbonyl (C=O) groups is 1. The van der Waals surface area contributed by atoms with Gasteiger partial charge in [-0.25, -0.2) is 4.79 Å². The van der Waals surface area contributed by atoms with Gasteiger partial charge in [-0.2, -0.15) is 4.98 Å². The number of aliphatic hydroxyl groups excluding tert-OH is 1. The summed E-state index contributed by atoms with van der Waals surface area (Å²) in [6.45, 7) is 2.06. The van der Waals surface area contributed by atoms with Crippen LogP contribution in [0.4, 0.5) is 5.69 Å². The van der Waals surface area contributed by atoms with Gasteiger partial charge in [0.05, 0.1) is 18.9 Å². The Bertz CT molecular complexity index is 898. The second-order valence-electron chi connectivity index (χ2n) is 6.15. The summed E-state index contributed by atoms with van der Waals surface area (Å²) in [5.41, 5.74) is 3.18. The van der Waals surface area contributed by atoms with Crippen molar-refractivity contribution in [3.8, 4) is 0 Å². The standard InChI is InChI=1S/C18H20ClN3O3S/c1-11-5-6-12(9-14(11)19)20-16(24)10-26-17-13-3-2-4-15(13)22(7-8-23)18(25)21-17/h5-6,9,23H,2-4,7-8,10H2,1H3,(H,20,24). The van der Waals surface area contributed by atoms with Crippen molar-refractivity contribution < 1.29 is 9.90 Å². The summed E-state index contributed by atoms with van der Waals surface area (Å²) in [5, 5.41) is 13.2. The Hall–Kier alpha value is -1.83. The minimum absolute atomic E-state index is 0.0952. The fourth-order valence-corrected chi connectivity index (χ4v) is 4.10. The zero-order valence-corrected chi connectivity index (χ0v) is 16.0. The van der Waals surface area contributed by atoms with Gasteiger partial charge in [-0.05, 0) is 43.9 Å². The summed E-state index contributed by atoms with van der Waals surface area (Å²) in [7, 11) is 0. The minimum Gasteiger partial charge on any atom is -0.395 e. The van der Waals surface area contributed by atoms with Crippen molar-refractivity contribution in [3.63, 3.8) is 0 Å². The third kappa shape index (κ3) is 4.11. The van der Waals surface area contributed by atoms with Gasteiger partial charge in [0.1, 0.15) is 5.03 Å². The van der Waals surface area contributed by atoms with Crippen molar-refractivity contribution in [3.05, 3.63) is 50.5 Å². The molecule has 0 radical (unpaired) electrons. The quantitative estimate of drug-likeness (QED) is 0.581. The average molecular weight is 394 g/mol. The highest BCUT2D eigenvalue weighted by Crippen LogP contribution is 2.29. The first-order valence-electron chi connectivity index (χ1n) is 8.42. The Labute approximate surface area is 160 Å². The Morgan fingerprint density at radius 1 is 1.42 bits per heavy atom. The molecule has 1 amide bonds. The molecule has 0 saturated heterocycles. The molecule has 8 heteroatoms. The van der Waals surface area contributed by atoms with Crippen molar-refractivity contribution in [2.24, 2.45) is 0 Å². The summed E-state index contributed by atoms with van der Waals surface area (Å²) < 4.78 is 1.54. The molecule has 0 bridgehead atoms. The molecule has 1 aromatic heterocycles. The summed E-state index contributed by atoms with van der Waals surface area (Å²) in [6, 6.07) is 5.36. The van der Waals surface area contributed by atoms with Crippen LogP contribution in [0.2, 0.25) is 5.02 Å². The van der Waals surface area contributed by atoms with E-state index in [1.165, 1.54) is 11.8 Å². The third-order valence-corrected chi connectivity index (χ3v) is 5.74. The van der Waals surface area contributed by atoms with E-state index in [1.807, 2.05) is 13.0 Å². The molecule has 2 aromatic rings. The van der Waals surface area contributed by atoms with Crippen LogP contribution in [-0.4, -0.2) is 32.9 Å². The Morgan fingerprint density at radius 2 is 2.23 bits per heavy atom. The number of amides is 1. The van der Waals surface area contributed by atoms with Gasteiger partial charge in [-0.15, -0.1) is 0 Å². The van der Waals surface area contributed by atoms with E-state index in [0.717, 1.165) is 36.1 Å². The molecule has 0 atom stereocenters. The van der Waals surface area contributed by atoms with Gasteiger partial charge in [0.2, 0.25) is 5.91 Å². The molecule has 2 N–H and O–H groups in total. The minimum atomic E-state index is -0.368. The van der Waals surface area contributed by atoms with Crippen molar-refractivity contribution in [2.45, 2.75) is 37.8 Å². The third-order valence-electron chi connectivity index (χ3n) is 4.32. The van der Waals surface area contributed by atoms with Crippen LogP contribution in [0.5, 0.6) is 0 Å². The topological polar surface area (TPSA) is 84.2 Å². The zero-order valence-electron chi connectivity index (χ0n) is 14.4. The molecule has 1 aliphatic carbocycles. The fraction of sp³-hybridized carbons (Fsp3) is 0.389. The lowest BCUT2D eigenvalue weighted by molar-refractivity contribution is -0.113. The smallest absolute Gasteiger partial charge is 0.348 e. The maximum absolute atomic E-state index is 12.2.